The number of carbonyl (C=O) groups excluding carboxylic acids is 3. The van der Waals surface area contributed by atoms with Gasteiger partial charge in [0.05, 0.1) is 38.6 Å². The number of hydrogen-bond donors (Lipinski definition) is 2. The topological polar surface area (TPSA) is 106 Å². The van der Waals surface area contributed by atoms with Gasteiger partial charge in [0.2, 0.25) is 11.8 Å². The highest BCUT2D eigenvalue weighted by Gasteiger charge is 2.35. The standard InChI is InChI=1S/C27H27N3O6/c1-34-20-11-9-19(10-12-20)30-16-18(13-25(30)31)27(33)29-22-15-23(35-2)21(14-24(22)36-3)28-26(32)17-7-5-4-6-8-17/h4-12,14-15,18H,13,16H2,1-3H3,(H,28,32)(H,29,33). The minimum absolute atomic E-state index is 0.0858. The van der Waals surface area contributed by atoms with Crippen molar-refractivity contribution >= 4 is 34.8 Å². The molecule has 1 aliphatic rings. The van der Waals surface area contributed by atoms with Crippen LogP contribution in [0.25, 0.3) is 0 Å². The van der Waals surface area contributed by atoms with Gasteiger partial charge in [0.25, 0.3) is 5.91 Å². The van der Waals surface area contributed by atoms with Gasteiger partial charge in [0.15, 0.2) is 0 Å². The van der Waals surface area contributed by atoms with E-state index in [9.17, 15) is 14.4 Å². The van der Waals surface area contributed by atoms with Crippen LogP contribution in [0.4, 0.5) is 17.1 Å². The van der Waals surface area contributed by atoms with Crippen molar-refractivity contribution in [1.29, 1.82) is 0 Å². The molecule has 1 unspecified atom stereocenters. The van der Waals surface area contributed by atoms with Crippen LogP contribution in [0.1, 0.15) is 16.8 Å². The summed E-state index contributed by atoms with van der Waals surface area (Å²) < 4.78 is 16.1. The third-order valence-corrected chi connectivity index (χ3v) is 5.94. The first-order valence-electron chi connectivity index (χ1n) is 11.3. The Morgan fingerprint density at radius 1 is 0.833 bits per heavy atom. The molecule has 0 saturated carbocycles. The van der Waals surface area contributed by atoms with Crippen molar-refractivity contribution in [3.63, 3.8) is 0 Å². The number of nitrogens with zero attached hydrogens (tertiary/aromatic N) is 1. The molecule has 3 amide bonds. The lowest BCUT2D eigenvalue weighted by molar-refractivity contribution is -0.122. The molecule has 9 heteroatoms. The highest BCUT2D eigenvalue weighted by Crippen LogP contribution is 2.37. The molecular weight excluding hydrogens is 462 g/mol. The van der Waals surface area contributed by atoms with E-state index in [4.69, 9.17) is 14.2 Å². The zero-order valence-corrected chi connectivity index (χ0v) is 20.2. The number of carbonyl (C=O) groups is 3. The summed E-state index contributed by atoms with van der Waals surface area (Å²) in [6.07, 6.45) is 0.0858. The summed E-state index contributed by atoms with van der Waals surface area (Å²) in [6, 6.07) is 19.0. The van der Waals surface area contributed by atoms with Gasteiger partial charge >= 0.3 is 0 Å². The molecule has 1 aliphatic heterocycles. The van der Waals surface area contributed by atoms with E-state index in [0.717, 1.165) is 0 Å². The van der Waals surface area contributed by atoms with E-state index < -0.39 is 5.92 Å². The summed E-state index contributed by atoms with van der Waals surface area (Å²) in [6.45, 7) is 0.252. The molecule has 1 saturated heterocycles. The summed E-state index contributed by atoms with van der Waals surface area (Å²) in [5, 5.41) is 5.65. The van der Waals surface area contributed by atoms with Crippen molar-refractivity contribution in [3.8, 4) is 17.2 Å². The summed E-state index contributed by atoms with van der Waals surface area (Å²) in [4.78, 5) is 39.9. The molecule has 0 aromatic heterocycles. The van der Waals surface area contributed by atoms with Crippen molar-refractivity contribution in [3.05, 3.63) is 72.3 Å². The quantitative estimate of drug-likeness (QED) is 0.496. The highest BCUT2D eigenvalue weighted by molar-refractivity contribution is 6.06. The van der Waals surface area contributed by atoms with E-state index in [2.05, 4.69) is 10.6 Å². The van der Waals surface area contributed by atoms with Crippen LogP contribution in [0.5, 0.6) is 17.2 Å². The Kier molecular flexibility index (Phi) is 7.39. The third-order valence-electron chi connectivity index (χ3n) is 5.94. The van der Waals surface area contributed by atoms with E-state index in [1.807, 2.05) is 6.07 Å². The zero-order chi connectivity index (χ0) is 25.7. The Morgan fingerprint density at radius 3 is 2.03 bits per heavy atom. The number of nitrogens with one attached hydrogen (secondary N) is 2. The fourth-order valence-electron chi connectivity index (χ4n) is 4.01. The maximum atomic E-state index is 13.1. The number of methoxy groups -OCH3 is 3. The number of benzene rings is 3. The van der Waals surface area contributed by atoms with Crippen LogP contribution in [0.3, 0.4) is 0 Å². The molecule has 1 atom stereocenters. The average molecular weight is 490 g/mol. The van der Waals surface area contributed by atoms with E-state index >= 15 is 0 Å². The number of hydrogen-bond acceptors (Lipinski definition) is 6. The van der Waals surface area contributed by atoms with Crippen LogP contribution in [-0.4, -0.2) is 45.6 Å². The summed E-state index contributed by atoms with van der Waals surface area (Å²) in [5.74, 6) is 0.0546. The fraction of sp³-hybridized carbons (Fsp3) is 0.222. The van der Waals surface area contributed by atoms with Gasteiger partial charge in [0, 0.05) is 36.3 Å². The van der Waals surface area contributed by atoms with Crippen LogP contribution in [-0.2, 0) is 9.59 Å². The first-order chi connectivity index (χ1) is 17.4. The smallest absolute Gasteiger partial charge is 0.255 e. The lowest BCUT2D eigenvalue weighted by Gasteiger charge is -2.18. The normalized spacial score (nSPS) is 14.8. The van der Waals surface area contributed by atoms with E-state index in [0.29, 0.717) is 39.9 Å². The molecule has 3 aromatic rings. The minimum atomic E-state index is -0.548. The second-order valence-electron chi connectivity index (χ2n) is 8.17. The molecular formula is C27H27N3O6. The molecule has 0 radical (unpaired) electrons. The fourth-order valence-corrected chi connectivity index (χ4v) is 4.01. The number of rotatable bonds is 8. The predicted octanol–water partition coefficient (Wildman–Crippen LogP) is 3.96. The van der Waals surface area contributed by atoms with Gasteiger partial charge in [-0.2, -0.15) is 0 Å². The summed E-state index contributed by atoms with van der Waals surface area (Å²) >= 11 is 0. The van der Waals surface area contributed by atoms with Gasteiger partial charge in [-0.1, -0.05) is 18.2 Å². The Hall–Kier alpha value is -4.53. The maximum Gasteiger partial charge on any atom is 0.255 e. The van der Waals surface area contributed by atoms with Gasteiger partial charge < -0.3 is 29.7 Å². The van der Waals surface area contributed by atoms with E-state index in [1.54, 1.807) is 72.7 Å². The Labute approximate surface area is 209 Å². The lowest BCUT2D eigenvalue weighted by Crippen LogP contribution is -2.28. The first-order valence-corrected chi connectivity index (χ1v) is 11.3. The second-order valence-corrected chi connectivity index (χ2v) is 8.17. The molecule has 1 heterocycles. The van der Waals surface area contributed by atoms with Gasteiger partial charge in [-0.05, 0) is 36.4 Å². The molecule has 36 heavy (non-hydrogen) atoms. The Morgan fingerprint density at radius 2 is 1.44 bits per heavy atom. The van der Waals surface area contributed by atoms with Crippen LogP contribution < -0.4 is 29.7 Å². The van der Waals surface area contributed by atoms with Crippen LogP contribution >= 0.6 is 0 Å². The number of ether oxygens (including phenoxy) is 3. The molecule has 4 rings (SSSR count). The van der Waals surface area contributed by atoms with Crippen LogP contribution in [0, 0.1) is 5.92 Å². The highest BCUT2D eigenvalue weighted by atomic mass is 16.5. The zero-order valence-electron chi connectivity index (χ0n) is 20.2. The van der Waals surface area contributed by atoms with Crippen LogP contribution in [0.15, 0.2) is 66.7 Å². The second kappa shape index (κ2) is 10.8. The SMILES string of the molecule is COc1ccc(N2CC(C(=O)Nc3cc(OC)c(NC(=O)c4ccccc4)cc3OC)CC2=O)cc1. The predicted molar refractivity (Wildman–Crippen MR) is 136 cm³/mol. The molecule has 2 N–H and O–H groups in total. The molecule has 1 fully saturated rings. The Bertz CT molecular complexity index is 1260. The lowest BCUT2D eigenvalue weighted by atomic mass is 10.1. The first kappa shape index (κ1) is 24.6. The molecule has 186 valence electrons. The van der Waals surface area contributed by atoms with Gasteiger partial charge in [0.1, 0.15) is 17.2 Å². The van der Waals surface area contributed by atoms with Crippen LogP contribution in [0.2, 0.25) is 0 Å². The van der Waals surface area contributed by atoms with Crippen molar-refractivity contribution in [2.24, 2.45) is 5.92 Å². The minimum Gasteiger partial charge on any atom is -0.497 e. The van der Waals surface area contributed by atoms with Gasteiger partial charge in [-0.15, -0.1) is 0 Å². The third kappa shape index (κ3) is 5.25. The van der Waals surface area contributed by atoms with E-state index in [1.165, 1.54) is 14.2 Å². The molecule has 0 spiro atoms. The number of amides is 3. The van der Waals surface area contributed by atoms with Crippen molar-refractivity contribution in [1.82, 2.24) is 0 Å². The summed E-state index contributed by atoms with van der Waals surface area (Å²) in [5.41, 5.74) is 1.95. The number of anilines is 3. The molecule has 3 aromatic carbocycles. The van der Waals surface area contributed by atoms with Crippen molar-refractivity contribution < 1.29 is 28.6 Å². The average Bonchev–Trinajstić information content (AvgIpc) is 3.31. The maximum absolute atomic E-state index is 13.1. The molecule has 0 bridgehead atoms. The molecule has 9 nitrogen and oxygen atoms in total. The Balaban J connectivity index is 1.49. The van der Waals surface area contributed by atoms with Crippen molar-refractivity contribution in [2.45, 2.75) is 6.42 Å². The van der Waals surface area contributed by atoms with E-state index in [-0.39, 0.29) is 30.7 Å². The van der Waals surface area contributed by atoms with Crippen molar-refractivity contribution in [2.75, 3.05) is 43.4 Å². The monoisotopic (exact) mass is 489 g/mol. The summed E-state index contributed by atoms with van der Waals surface area (Å²) in [7, 11) is 4.50. The van der Waals surface area contributed by atoms with Gasteiger partial charge in [-0.3, -0.25) is 14.4 Å². The largest absolute Gasteiger partial charge is 0.497 e. The van der Waals surface area contributed by atoms with Gasteiger partial charge in [-0.25, -0.2) is 0 Å². The molecule has 0 aliphatic carbocycles.